The molecule has 3 nitrogen and oxygen atoms in total. The topological polar surface area (TPSA) is 38.8 Å². The first-order valence-corrected chi connectivity index (χ1v) is 12.2. The van der Waals surface area contributed by atoms with E-state index < -0.39 is 0 Å². The van der Waals surface area contributed by atoms with Gasteiger partial charge in [0, 0.05) is 44.8 Å². The first-order chi connectivity index (χ1) is 16.2. The average Bonchev–Trinajstić information content (AvgIpc) is 2.87. The highest BCUT2D eigenvalue weighted by atomic mass is 32.2. The van der Waals surface area contributed by atoms with Gasteiger partial charge in [0.05, 0.1) is 0 Å². The summed E-state index contributed by atoms with van der Waals surface area (Å²) in [6.07, 6.45) is 0. The summed E-state index contributed by atoms with van der Waals surface area (Å²) in [6, 6.07) is 36.7. The number of aryl methyl sites for hydroxylation is 2. The van der Waals surface area contributed by atoms with Crippen LogP contribution in [0.3, 0.4) is 0 Å². The molecule has 4 aromatic rings. The van der Waals surface area contributed by atoms with Crippen LogP contribution in [-0.2, 0) is 0 Å². The molecule has 0 bridgehead atoms. The average molecular weight is 467 g/mol. The van der Waals surface area contributed by atoms with Crippen molar-refractivity contribution in [3.63, 3.8) is 0 Å². The van der Waals surface area contributed by atoms with Crippen LogP contribution < -0.4 is 4.72 Å². The number of amidine groups is 2. The highest BCUT2D eigenvalue weighted by Crippen LogP contribution is 2.22. The van der Waals surface area contributed by atoms with E-state index in [2.05, 4.69) is 62.4 Å². The Kier molecular flexibility index (Phi) is 8.01. The summed E-state index contributed by atoms with van der Waals surface area (Å²) in [4.78, 5) is 7.07. The predicted octanol–water partition coefficient (Wildman–Crippen LogP) is 7.52. The molecular weight excluding hydrogens is 442 g/mol. The maximum absolute atomic E-state index is 4.94. The maximum Gasteiger partial charge on any atom is 0.169 e. The summed E-state index contributed by atoms with van der Waals surface area (Å²) < 4.78 is 9.60. The second kappa shape index (κ2) is 11.5. The first kappa shape index (κ1) is 22.9. The van der Waals surface area contributed by atoms with Crippen molar-refractivity contribution < 1.29 is 0 Å². The highest BCUT2D eigenvalue weighted by Gasteiger charge is 2.11. The van der Waals surface area contributed by atoms with E-state index >= 15 is 0 Å². The Morgan fingerprint density at radius 3 is 1.48 bits per heavy atom. The molecule has 0 aliphatic heterocycles. The van der Waals surface area contributed by atoms with Crippen LogP contribution in [0.1, 0.15) is 22.3 Å². The van der Waals surface area contributed by atoms with Gasteiger partial charge in [-0.1, -0.05) is 96.1 Å². The summed E-state index contributed by atoms with van der Waals surface area (Å²) in [7, 11) is 0. The fourth-order valence-corrected chi connectivity index (χ4v) is 4.13. The van der Waals surface area contributed by atoms with Crippen molar-refractivity contribution in [2.75, 3.05) is 0 Å². The molecule has 0 saturated carbocycles. The Hall–Kier alpha value is -3.28. The van der Waals surface area contributed by atoms with Gasteiger partial charge in [-0.3, -0.25) is 0 Å². The van der Waals surface area contributed by atoms with Gasteiger partial charge in [-0.05, 0) is 38.1 Å². The number of rotatable bonds is 6. The number of hydrogen-bond acceptors (Lipinski definition) is 3. The van der Waals surface area contributed by atoms with Gasteiger partial charge >= 0.3 is 0 Å². The van der Waals surface area contributed by atoms with Gasteiger partial charge < -0.3 is 0 Å². The van der Waals surface area contributed by atoms with Crippen LogP contribution >= 0.6 is 23.9 Å². The third-order valence-corrected chi connectivity index (χ3v) is 6.29. The normalized spacial score (nSPS) is 11.9. The largest absolute Gasteiger partial charge is 0.207 e. The Labute approximate surface area is 204 Å². The number of benzene rings is 4. The lowest BCUT2D eigenvalue weighted by molar-refractivity contribution is 1.34. The Balaban J connectivity index is 1.68. The zero-order chi connectivity index (χ0) is 22.9. The van der Waals surface area contributed by atoms with Gasteiger partial charge in [-0.2, -0.15) is 9.12 Å². The molecule has 5 heteroatoms. The summed E-state index contributed by atoms with van der Waals surface area (Å²) >= 11 is 2.84. The second-order valence-electron chi connectivity index (χ2n) is 7.48. The highest BCUT2D eigenvalue weighted by molar-refractivity contribution is 7.98. The second-order valence-corrected chi connectivity index (χ2v) is 9.16. The quantitative estimate of drug-likeness (QED) is 0.167. The van der Waals surface area contributed by atoms with E-state index in [1.165, 1.54) is 35.0 Å². The van der Waals surface area contributed by atoms with Crippen LogP contribution in [0.25, 0.3) is 0 Å². The van der Waals surface area contributed by atoms with Crippen LogP contribution in [0.15, 0.2) is 128 Å². The zero-order valence-electron chi connectivity index (χ0n) is 18.6. The van der Waals surface area contributed by atoms with Crippen molar-refractivity contribution in [1.29, 1.82) is 0 Å². The molecule has 0 N–H and O–H groups in total. The van der Waals surface area contributed by atoms with Crippen molar-refractivity contribution in [2.45, 2.75) is 23.6 Å². The van der Waals surface area contributed by atoms with E-state index in [-0.39, 0.29) is 0 Å². The van der Waals surface area contributed by atoms with Gasteiger partial charge in [0.1, 0.15) is 0 Å². The fourth-order valence-electron chi connectivity index (χ4n) is 2.94. The molecule has 1 radical (unpaired) electrons. The molecule has 0 aromatic heterocycles. The number of nitrogens with zero attached hydrogens (tertiary/aromatic N) is 3. The molecule has 0 amide bonds. The van der Waals surface area contributed by atoms with Crippen LogP contribution in [0, 0.1) is 13.8 Å². The summed E-state index contributed by atoms with van der Waals surface area (Å²) in [6.45, 7) is 4.16. The van der Waals surface area contributed by atoms with E-state index in [0.717, 1.165) is 20.9 Å². The smallest absolute Gasteiger partial charge is 0.169 e. The van der Waals surface area contributed by atoms with Gasteiger partial charge in [0.2, 0.25) is 0 Å². The minimum absolute atomic E-state index is 0.633. The SMILES string of the molecule is Cc1ccc(S[N]C(=N/C(=N/Sc2ccc(C)cc2)c2ccccc2)c2ccccc2)cc1. The van der Waals surface area contributed by atoms with Crippen molar-refractivity contribution in [3.8, 4) is 0 Å². The van der Waals surface area contributed by atoms with E-state index in [0.29, 0.717) is 11.7 Å². The molecule has 0 saturated heterocycles. The third-order valence-electron chi connectivity index (χ3n) is 4.79. The summed E-state index contributed by atoms with van der Waals surface area (Å²) in [5, 5.41) is 0. The van der Waals surface area contributed by atoms with Crippen LogP contribution in [0.5, 0.6) is 0 Å². The van der Waals surface area contributed by atoms with Gasteiger partial charge in [0.15, 0.2) is 11.7 Å². The molecule has 0 aliphatic carbocycles. The first-order valence-electron chi connectivity index (χ1n) is 10.6. The van der Waals surface area contributed by atoms with E-state index in [4.69, 9.17) is 14.1 Å². The molecule has 0 heterocycles. The molecule has 0 atom stereocenters. The van der Waals surface area contributed by atoms with Crippen LogP contribution in [0.2, 0.25) is 0 Å². The van der Waals surface area contributed by atoms with Crippen molar-refractivity contribution in [3.05, 3.63) is 131 Å². The Morgan fingerprint density at radius 1 is 0.515 bits per heavy atom. The lowest BCUT2D eigenvalue weighted by Gasteiger charge is -2.09. The van der Waals surface area contributed by atoms with Gasteiger partial charge in [0.25, 0.3) is 0 Å². The van der Waals surface area contributed by atoms with E-state index in [1.807, 2.05) is 60.7 Å². The van der Waals surface area contributed by atoms with E-state index in [1.54, 1.807) is 0 Å². The molecule has 0 fully saturated rings. The molecule has 4 rings (SSSR count). The van der Waals surface area contributed by atoms with Gasteiger partial charge in [-0.15, -0.1) is 0 Å². The molecule has 4 aromatic carbocycles. The molecular formula is C28H24N3S2. The number of aliphatic imine (C=N–C) groups is 1. The van der Waals surface area contributed by atoms with Crippen LogP contribution in [-0.4, -0.2) is 11.7 Å². The standard InChI is InChI=1S/C28H24N3S2/c1-21-13-17-25(18-14-21)32-30-27(23-9-5-3-6-10-23)29-28(24-11-7-4-8-12-24)31-33-26-19-15-22(2)16-20-26/h3-20H,1-2H3/b29-27?,31-28+. The summed E-state index contributed by atoms with van der Waals surface area (Å²) in [5.41, 5.74) is 4.34. The molecule has 0 spiro atoms. The molecule has 0 aliphatic rings. The maximum atomic E-state index is 4.94. The molecule has 163 valence electrons. The van der Waals surface area contributed by atoms with Crippen LogP contribution in [0.4, 0.5) is 0 Å². The van der Waals surface area contributed by atoms with Crippen molar-refractivity contribution in [2.24, 2.45) is 9.39 Å². The summed E-state index contributed by atoms with van der Waals surface area (Å²) in [5.74, 6) is 1.27. The molecule has 0 unspecified atom stereocenters. The third kappa shape index (κ3) is 6.85. The monoisotopic (exact) mass is 466 g/mol. The van der Waals surface area contributed by atoms with Gasteiger partial charge in [-0.25, -0.2) is 4.99 Å². The zero-order valence-corrected chi connectivity index (χ0v) is 20.2. The predicted molar refractivity (Wildman–Crippen MR) is 142 cm³/mol. The van der Waals surface area contributed by atoms with E-state index in [9.17, 15) is 0 Å². The fraction of sp³-hybridized carbons (Fsp3) is 0.0714. The lowest BCUT2D eigenvalue weighted by Crippen LogP contribution is -2.14. The van der Waals surface area contributed by atoms with Crippen molar-refractivity contribution >= 4 is 35.6 Å². The minimum Gasteiger partial charge on any atom is -0.207 e. The lowest BCUT2D eigenvalue weighted by atomic mass is 10.2. The Morgan fingerprint density at radius 2 is 0.970 bits per heavy atom. The molecule has 33 heavy (non-hydrogen) atoms. The number of hydrogen-bond donors (Lipinski definition) is 0. The Bertz CT molecular complexity index is 1220. The minimum atomic E-state index is 0.633. The van der Waals surface area contributed by atoms with Crippen molar-refractivity contribution in [1.82, 2.24) is 4.72 Å².